The van der Waals surface area contributed by atoms with Gasteiger partial charge in [-0.2, -0.15) is 0 Å². The van der Waals surface area contributed by atoms with Crippen molar-refractivity contribution in [3.05, 3.63) is 259 Å². The van der Waals surface area contributed by atoms with Crippen LogP contribution in [0.3, 0.4) is 0 Å². The Morgan fingerprint density at radius 1 is 0.323 bits per heavy atom. The molecule has 1 aromatic heterocycles. The summed E-state index contributed by atoms with van der Waals surface area (Å²) in [4.78, 5) is 5.38. The maximum Gasteiger partial charge on any atom is 0.0715 e. The first-order chi connectivity index (χ1) is 30.7. The van der Waals surface area contributed by atoms with Crippen LogP contribution in [-0.4, -0.2) is 4.98 Å². The highest BCUT2D eigenvalue weighted by Gasteiger charge is 2.24. The minimum atomic E-state index is 0.0630. The normalized spacial score (nSPS) is 13.2. The van der Waals surface area contributed by atoms with E-state index >= 15 is 0 Å². The molecule has 1 aliphatic heterocycles. The SMILES string of the molecule is C1=C(c2ccccc2)c2c(ccc3c(-c4cccc(-c5cc(-c6cccc(-c7ccccc7)c6)nc(-c6cccc(-c7ccccc7)c6)c5)c4)cccc23)NC1c1ccccc1. The monoisotopic (exact) mass is 790 g/mol. The van der Waals surface area contributed by atoms with Gasteiger partial charge in [0.05, 0.1) is 17.4 Å². The van der Waals surface area contributed by atoms with Crippen LogP contribution in [0.25, 0.3) is 83.4 Å². The lowest BCUT2D eigenvalue weighted by Gasteiger charge is -2.29. The highest BCUT2D eigenvalue weighted by molar-refractivity contribution is 6.09. The van der Waals surface area contributed by atoms with Crippen molar-refractivity contribution < 1.29 is 0 Å². The highest BCUT2D eigenvalue weighted by Crippen LogP contribution is 2.45. The molecule has 2 heterocycles. The molecular weight excluding hydrogens is 749 g/mol. The van der Waals surface area contributed by atoms with Crippen molar-refractivity contribution >= 4 is 22.0 Å². The minimum absolute atomic E-state index is 0.0630. The van der Waals surface area contributed by atoms with Crippen molar-refractivity contribution in [2.45, 2.75) is 6.04 Å². The number of hydrogen-bond acceptors (Lipinski definition) is 2. The minimum Gasteiger partial charge on any atom is -0.374 e. The summed E-state index contributed by atoms with van der Waals surface area (Å²) in [5.41, 5.74) is 19.4. The molecule has 0 saturated heterocycles. The van der Waals surface area contributed by atoms with E-state index < -0.39 is 0 Å². The predicted octanol–water partition coefficient (Wildman–Crippen LogP) is 15.8. The molecule has 292 valence electrons. The first-order valence-electron chi connectivity index (χ1n) is 21.3. The maximum absolute atomic E-state index is 5.38. The topological polar surface area (TPSA) is 24.9 Å². The summed E-state index contributed by atoms with van der Waals surface area (Å²) in [5, 5.41) is 6.32. The quantitative estimate of drug-likeness (QED) is 0.166. The molecule has 0 radical (unpaired) electrons. The zero-order chi connectivity index (χ0) is 41.2. The number of hydrogen-bond donors (Lipinski definition) is 1. The summed E-state index contributed by atoms with van der Waals surface area (Å²) < 4.78 is 0. The summed E-state index contributed by atoms with van der Waals surface area (Å²) in [6.45, 7) is 0. The Balaban J connectivity index is 1.04. The molecule has 0 amide bonds. The summed E-state index contributed by atoms with van der Waals surface area (Å²) >= 11 is 0. The van der Waals surface area contributed by atoms with E-state index in [1.807, 2.05) is 0 Å². The molecule has 1 unspecified atom stereocenters. The van der Waals surface area contributed by atoms with Crippen molar-refractivity contribution in [3.63, 3.8) is 0 Å². The van der Waals surface area contributed by atoms with Crippen LogP contribution < -0.4 is 5.32 Å². The molecule has 62 heavy (non-hydrogen) atoms. The third kappa shape index (κ3) is 7.18. The lowest BCUT2D eigenvalue weighted by Crippen LogP contribution is -2.15. The fourth-order valence-corrected chi connectivity index (χ4v) is 9.01. The Morgan fingerprint density at radius 2 is 0.790 bits per heavy atom. The molecule has 1 atom stereocenters. The largest absolute Gasteiger partial charge is 0.374 e. The van der Waals surface area contributed by atoms with Gasteiger partial charge in [0.1, 0.15) is 0 Å². The number of benzene rings is 9. The number of anilines is 1. The van der Waals surface area contributed by atoms with Gasteiger partial charge < -0.3 is 5.32 Å². The Hall–Kier alpha value is -8.07. The molecule has 11 rings (SSSR count). The van der Waals surface area contributed by atoms with E-state index in [0.29, 0.717) is 0 Å². The number of aromatic nitrogens is 1. The summed E-state index contributed by atoms with van der Waals surface area (Å²) in [7, 11) is 0. The van der Waals surface area contributed by atoms with E-state index in [9.17, 15) is 0 Å². The molecule has 2 heteroatoms. The number of rotatable bonds is 8. The molecule has 10 aromatic rings. The van der Waals surface area contributed by atoms with Gasteiger partial charge in [0, 0.05) is 22.4 Å². The molecule has 2 nitrogen and oxygen atoms in total. The maximum atomic E-state index is 5.38. The van der Waals surface area contributed by atoms with Gasteiger partial charge in [0.2, 0.25) is 0 Å². The number of nitrogens with zero attached hydrogens (tertiary/aromatic N) is 1. The summed E-state index contributed by atoms with van der Waals surface area (Å²) in [6, 6.07) is 85.0. The predicted molar refractivity (Wildman–Crippen MR) is 261 cm³/mol. The lowest BCUT2D eigenvalue weighted by atomic mass is 9.85. The fourth-order valence-electron chi connectivity index (χ4n) is 9.01. The van der Waals surface area contributed by atoms with E-state index in [-0.39, 0.29) is 6.04 Å². The van der Waals surface area contributed by atoms with Crippen molar-refractivity contribution in [3.8, 4) is 67.0 Å². The third-order valence-electron chi connectivity index (χ3n) is 12.1. The molecule has 0 bridgehead atoms. The van der Waals surface area contributed by atoms with Crippen molar-refractivity contribution in [2.24, 2.45) is 0 Å². The van der Waals surface area contributed by atoms with Crippen LogP contribution in [0.15, 0.2) is 243 Å². The van der Waals surface area contributed by atoms with Gasteiger partial charge in [-0.1, -0.05) is 200 Å². The average Bonchev–Trinajstić information content (AvgIpc) is 3.36. The van der Waals surface area contributed by atoms with Crippen LogP contribution in [0.5, 0.6) is 0 Å². The Morgan fingerprint density at radius 3 is 1.39 bits per heavy atom. The first kappa shape index (κ1) is 37.0. The van der Waals surface area contributed by atoms with Gasteiger partial charge in [0.15, 0.2) is 0 Å². The summed E-state index contributed by atoms with van der Waals surface area (Å²) in [6.07, 6.45) is 2.39. The second-order valence-electron chi connectivity index (χ2n) is 16.0. The van der Waals surface area contributed by atoms with Crippen LogP contribution in [0, 0.1) is 0 Å². The van der Waals surface area contributed by atoms with Crippen LogP contribution in [0.2, 0.25) is 0 Å². The highest BCUT2D eigenvalue weighted by atomic mass is 14.9. The Bertz CT molecular complexity index is 3140. The molecular formula is C60H42N2. The van der Waals surface area contributed by atoms with E-state index in [2.05, 4.69) is 248 Å². The van der Waals surface area contributed by atoms with Crippen molar-refractivity contribution in [1.82, 2.24) is 4.98 Å². The van der Waals surface area contributed by atoms with E-state index in [4.69, 9.17) is 4.98 Å². The van der Waals surface area contributed by atoms with Crippen LogP contribution >= 0.6 is 0 Å². The second-order valence-corrected chi connectivity index (χ2v) is 16.0. The van der Waals surface area contributed by atoms with Gasteiger partial charge in [-0.25, -0.2) is 4.98 Å². The lowest BCUT2D eigenvalue weighted by molar-refractivity contribution is 0.974. The van der Waals surface area contributed by atoms with Crippen LogP contribution in [-0.2, 0) is 0 Å². The molecule has 1 N–H and O–H groups in total. The molecule has 1 aliphatic rings. The average molecular weight is 791 g/mol. The Labute approximate surface area is 363 Å². The van der Waals surface area contributed by atoms with Crippen LogP contribution in [0.1, 0.15) is 22.7 Å². The van der Waals surface area contributed by atoms with Gasteiger partial charge in [-0.05, 0) is 114 Å². The first-order valence-corrected chi connectivity index (χ1v) is 21.3. The van der Waals surface area contributed by atoms with Gasteiger partial charge in [-0.3, -0.25) is 0 Å². The van der Waals surface area contributed by atoms with Gasteiger partial charge in [-0.15, -0.1) is 0 Å². The number of pyridine rings is 1. The second kappa shape index (κ2) is 16.2. The molecule has 0 spiro atoms. The van der Waals surface area contributed by atoms with E-state index in [1.165, 1.54) is 66.4 Å². The van der Waals surface area contributed by atoms with Gasteiger partial charge in [0.25, 0.3) is 0 Å². The standard InChI is InChI=1S/C60H42N2/c1-5-17-41(18-6-1)45-25-14-29-49(36-45)57-38-51(39-58(62-57)50-30-15-26-46(37-50)42-19-7-2-8-20-42)47-27-13-28-48(35-47)52-31-16-32-54-53(52)33-34-56-60(54)55(43-21-9-3-10-22-43)40-59(61-56)44-23-11-4-12-24-44/h1-40,59,61H. The molecule has 0 saturated carbocycles. The van der Waals surface area contributed by atoms with Crippen LogP contribution in [0.4, 0.5) is 5.69 Å². The van der Waals surface area contributed by atoms with Crippen molar-refractivity contribution in [1.29, 1.82) is 0 Å². The molecule has 0 aliphatic carbocycles. The zero-order valence-corrected chi connectivity index (χ0v) is 34.1. The molecule has 0 fully saturated rings. The fraction of sp³-hybridized carbons (Fsp3) is 0.0167. The van der Waals surface area contributed by atoms with Crippen molar-refractivity contribution in [2.75, 3.05) is 5.32 Å². The Kier molecular flexibility index (Phi) is 9.65. The van der Waals surface area contributed by atoms with E-state index in [1.54, 1.807) is 0 Å². The van der Waals surface area contributed by atoms with E-state index in [0.717, 1.165) is 39.3 Å². The number of nitrogens with one attached hydrogen (secondary N) is 1. The smallest absolute Gasteiger partial charge is 0.0715 e. The molecule has 9 aromatic carbocycles. The zero-order valence-electron chi connectivity index (χ0n) is 34.1. The number of fused-ring (bicyclic) bond motifs is 3. The van der Waals surface area contributed by atoms with Gasteiger partial charge >= 0.3 is 0 Å². The summed E-state index contributed by atoms with van der Waals surface area (Å²) in [5.74, 6) is 0. The third-order valence-corrected chi connectivity index (χ3v) is 12.1.